The molecule has 114 valence electrons. The zero-order valence-corrected chi connectivity index (χ0v) is 12.9. The molecule has 1 unspecified atom stereocenters. The maximum absolute atomic E-state index is 13.8. The summed E-state index contributed by atoms with van der Waals surface area (Å²) in [6.45, 7) is 8.36. The first-order chi connectivity index (χ1) is 9.51. The minimum Gasteiger partial charge on any atom is -0.313 e. The summed E-state index contributed by atoms with van der Waals surface area (Å²) in [7, 11) is 1.79. The minimum atomic E-state index is -0.781. The van der Waals surface area contributed by atoms with Crippen LogP contribution < -0.4 is 5.32 Å². The smallest absolute Gasteiger partial charge is 0.163 e. The number of hydrogen-bond donors (Lipinski definition) is 1. The Labute approximate surface area is 121 Å². The fourth-order valence-corrected chi connectivity index (χ4v) is 2.46. The SMILES string of the molecule is CCCN(CCC(NC)c1cccc(F)c1F)C(C)C. The first-order valence-electron chi connectivity index (χ1n) is 7.36. The number of benzene rings is 1. The Morgan fingerprint density at radius 1 is 1.20 bits per heavy atom. The zero-order valence-electron chi connectivity index (χ0n) is 12.9. The zero-order chi connectivity index (χ0) is 15.1. The van der Waals surface area contributed by atoms with E-state index in [4.69, 9.17) is 0 Å². The predicted molar refractivity (Wildman–Crippen MR) is 79.8 cm³/mol. The van der Waals surface area contributed by atoms with Crippen LogP contribution in [0.2, 0.25) is 0 Å². The highest BCUT2D eigenvalue weighted by Gasteiger charge is 2.18. The molecule has 0 aliphatic heterocycles. The molecule has 0 saturated carbocycles. The molecule has 4 heteroatoms. The van der Waals surface area contributed by atoms with Gasteiger partial charge in [0.25, 0.3) is 0 Å². The second-order valence-electron chi connectivity index (χ2n) is 5.40. The largest absolute Gasteiger partial charge is 0.313 e. The van der Waals surface area contributed by atoms with Gasteiger partial charge in [0.1, 0.15) is 0 Å². The number of rotatable bonds is 8. The third kappa shape index (κ3) is 4.53. The molecule has 1 aromatic carbocycles. The number of nitrogens with zero attached hydrogens (tertiary/aromatic N) is 1. The van der Waals surface area contributed by atoms with E-state index in [0.717, 1.165) is 32.0 Å². The summed E-state index contributed by atoms with van der Waals surface area (Å²) < 4.78 is 27.2. The summed E-state index contributed by atoms with van der Waals surface area (Å²) in [5.74, 6) is -1.52. The molecule has 0 fully saturated rings. The lowest BCUT2D eigenvalue weighted by atomic mass is 10.0. The second-order valence-corrected chi connectivity index (χ2v) is 5.40. The van der Waals surface area contributed by atoms with Gasteiger partial charge in [-0.3, -0.25) is 0 Å². The van der Waals surface area contributed by atoms with Gasteiger partial charge in [0.2, 0.25) is 0 Å². The van der Waals surface area contributed by atoms with Crippen LogP contribution in [-0.4, -0.2) is 31.1 Å². The van der Waals surface area contributed by atoms with Crippen molar-refractivity contribution in [3.63, 3.8) is 0 Å². The Hall–Kier alpha value is -1.00. The van der Waals surface area contributed by atoms with Gasteiger partial charge in [-0.05, 0) is 46.3 Å². The van der Waals surface area contributed by atoms with Gasteiger partial charge < -0.3 is 10.2 Å². The summed E-state index contributed by atoms with van der Waals surface area (Å²) in [5.41, 5.74) is 0.410. The molecule has 0 aromatic heterocycles. The van der Waals surface area contributed by atoms with Crippen LogP contribution in [-0.2, 0) is 0 Å². The van der Waals surface area contributed by atoms with Crippen molar-refractivity contribution in [2.24, 2.45) is 0 Å². The first kappa shape index (κ1) is 17.1. The molecule has 0 aliphatic rings. The molecule has 0 bridgehead atoms. The van der Waals surface area contributed by atoms with Crippen LogP contribution in [0.1, 0.15) is 45.2 Å². The van der Waals surface area contributed by atoms with Gasteiger partial charge in [-0.1, -0.05) is 19.1 Å². The molecule has 0 heterocycles. The fourth-order valence-electron chi connectivity index (χ4n) is 2.46. The van der Waals surface area contributed by atoms with E-state index >= 15 is 0 Å². The van der Waals surface area contributed by atoms with Crippen molar-refractivity contribution < 1.29 is 8.78 Å². The van der Waals surface area contributed by atoms with Gasteiger partial charge in [0.15, 0.2) is 11.6 Å². The quantitative estimate of drug-likeness (QED) is 0.782. The Morgan fingerprint density at radius 2 is 1.90 bits per heavy atom. The van der Waals surface area contributed by atoms with Gasteiger partial charge in [-0.25, -0.2) is 8.78 Å². The Kier molecular flexibility index (Phi) is 7.10. The van der Waals surface area contributed by atoms with Crippen LogP contribution in [0, 0.1) is 11.6 Å². The van der Waals surface area contributed by atoms with Crippen molar-refractivity contribution >= 4 is 0 Å². The molecule has 0 radical (unpaired) electrons. The lowest BCUT2D eigenvalue weighted by molar-refractivity contribution is 0.210. The van der Waals surface area contributed by atoms with Crippen molar-refractivity contribution in [3.05, 3.63) is 35.4 Å². The van der Waals surface area contributed by atoms with E-state index in [9.17, 15) is 8.78 Å². The summed E-state index contributed by atoms with van der Waals surface area (Å²) in [5, 5.41) is 3.09. The van der Waals surface area contributed by atoms with Crippen LogP contribution >= 0.6 is 0 Å². The van der Waals surface area contributed by atoms with E-state index in [1.165, 1.54) is 0 Å². The molecule has 20 heavy (non-hydrogen) atoms. The molecule has 0 saturated heterocycles. The number of nitrogens with one attached hydrogen (secondary N) is 1. The van der Waals surface area contributed by atoms with Crippen LogP contribution in [0.4, 0.5) is 8.78 Å². The number of halogens is 2. The maximum atomic E-state index is 13.8. The van der Waals surface area contributed by atoms with E-state index in [2.05, 4.69) is 31.0 Å². The second kappa shape index (κ2) is 8.32. The van der Waals surface area contributed by atoms with Gasteiger partial charge in [-0.2, -0.15) is 0 Å². The van der Waals surface area contributed by atoms with Crippen LogP contribution in [0.15, 0.2) is 18.2 Å². The predicted octanol–water partition coefficient (Wildman–Crippen LogP) is 3.74. The normalized spacial score (nSPS) is 13.2. The van der Waals surface area contributed by atoms with Crippen molar-refractivity contribution in [1.29, 1.82) is 0 Å². The summed E-state index contributed by atoms with van der Waals surface area (Å²) in [4.78, 5) is 2.36. The fraction of sp³-hybridized carbons (Fsp3) is 0.625. The highest BCUT2D eigenvalue weighted by Crippen LogP contribution is 2.22. The summed E-state index contributed by atoms with van der Waals surface area (Å²) >= 11 is 0. The van der Waals surface area contributed by atoms with E-state index in [1.54, 1.807) is 19.2 Å². The lowest BCUT2D eigenvalue weighted by Crippen LogP contribution is -2.34. The van der Waals surface area contributed by atoms with Crippen molar-refractivity contribution in [3.8, 4) is 0 Å². The Balaban J connectivity index is 2.74. The molecule has 1 atom stereocenters. The molecule has 1 rings (SSSR count). The summed E-state index contributed by atoms with van der Waals surface area (Å²) in [6.07, 6.45) is 1.85. The van der Waals surface area contributed by atoms with Crippen LogP contribution in [0.5, 0.6) is 0 Å². The molecule has 0 amide bonds. The van der Waals surface area contributed by atoms with Crippen molar-refractivity contribution in [2.75, 3.05) is 20.1 Å². The highest BCUT2D eigenvalue weighted by molar-refractivity contribution is 5.22. The van der Waals surface area contributed by atoms with E-state index < -0.39 is 11.6 Å². The third-order valence-corrected chi connectivity index (χ3v) is 3.65. The van der Waals surface area contributed by atoms with E-state index in [1.807, 2.05) is 0 Å². The molecule has 0 spiro atoms. The first-order valence-corrected chi connectivity index (χ1v) is 7.36. The molecule has 1 aromatic rings. The minimum absolute atomic E-state index is 0.163. The topological polar surface area (TPSA) is 15.3 Å². The van der Waals surface area contributed by atoms with Gasteiger partial charge in [0.05, 0.1) is 0 Å². The molecule has 2 nitrogen and oxygen atoms in total. The molecular weight excluding hydrogens is 258 g/mol. The third-order valence-electron chi connectivity index (χ3n) is 3.65. The van der Waals surface area contributed by atoms with Crippen LogP contribution in [0.25, 0.3) is 0 Å². The van der Waals surface area contributed by atoms with Gasteiger partial charge in [0, 0.05) is 24.2 Å². The highest BCUT2D eigenvalue weighted by atomic mass is 19.2. The Morgan fingerprint density at radius 3 is 2.45 bits per heavy atom. The number of hydrogen-bond acceptors (Lipinski definition) is 2. The van der Waals surface area contributed by atoms with Gasteiger partial charge in [-0.15, -0.1) is 0 Å². The monoisotopic (exact) mass is 284 g/mol. The standard InChI is InChI=1S/C16H26F2N2/c1-5-10-20(12(2)3)11-9-15(19-4)13-7-6-8-14(17)16(13)18/h6-8,12,15,19H,5,9-11H2,1-4H3. The average Bonchev–Trinajstić information content (AvgIpc) is 2.42. The van der Waals surface area contributed by atoms with Crippen molar-refractivity contribution in [2.45, 2.75) is 45.7 Å². The molecule has 0 aliphatic carbocycles. The van der Waals surface area contributed by atoms with Gasteiger partial charge >= 0.3 is 0 Å². The lowest BCUT2D eigenvalue weighted by Gasteiger charge is -2.28. The maximum Gasteiger partial charge on any atom is 0.163 e. The molecular formula is C16H26F2N2. The molecule has 1 N–H and O–H groups in total. The van der Waals surface area contributed by atoms with E-state index in [0.29, 0.717) is 11.6 Å². The Bertz CT molecular complexity index is 407. The summed E-state index contributed by atoms with van der Waals surface area (Å²) in [6, 6.07) is 4.67. The van der Waals surface area contributed by atoms with E-state index in [-0.39, 0.29) is 6.04 Å². The van der Waals surface area contributed by atoms with Crippen molar-refractivity contribution in [1.82, 2.24) is 10.2 Å². The average molecular weight is 284 g/mol. The van der Waals surface area contributed by atoms with Crippen LogP contribution in [0.3, 0.4) is 0 Å².